The summed E-state index contributed by atoms with van der Waals surface area (Å²) in [6, 6.07) is 4.37. The van der Waals surface area contributed by atoms with Crippen molar-refractivity contribution in [3.05, 3.63) is 34.6 Å². The molecule has 2 saturated carbocycles. The average Bonchev–Trinajstić information content (AvgIpc) is 2.76. The van der Waals surface area contributed by atoms with Gasteiger partial charge in [-0.1, -0.05) is 64.9 Å². The first-order chi connectivity index (χ1) is 14.2. The van der Waals surface area contributed by atoms with Gasteiger partial charge < -0.3 is 0 Å². The summed E-state index contributed by atoms with van der Waals surface area (Å²) in [5.74, 6) is 4.28. The molecule has 0 aromatic heterocycles. The molecular weight excluding hydrogens is 355 g/mol. The maximum Gasteiger partial charge on any atom is 0.126 e. The molecule has 0 heterocycles. The predicted molar refractivity (Wildman–Crippen MR) is 122 cm³/mol. The molecule has 1 aromatic rings. The molecule has 0 radical (unpaired) electrons. The largest absolute Gasteiger partial charge is 0.207 e. The zero-order valence-corrected chi connectivity index (χ0v) is 19.0. The smallest absolute Gasteiger partial charge is 0.126 e. The Hall–Kier alpha value is -0.850. The summed E-state index contributed by atoms with van der Waals surface area (Å²) in [6.45, 7) is 4.63. The molecule has 3 aliphatic rings. The van der Waals surface area contributed by atoms with Crippen LogP contribution in [0, 0.1) is 29.5 Å². The lowest BCUT2D eigenvalue weighted by Gasteiger charge is -2.42. The Balaban J connectivity index is 1.38. The van der Waals surface area contributed by atoms with Gasteiger partial charge in [-0.3, -0.25) is 0 Å². The molecule has 0 aliphatic heterocycles. The fraction of sp³-hybridized carbons (Fsp3) is 0.786. The fourth-order valence-electron chi connectivity index (χ4n) is 6.92. The normalized spacial score (nSPS) is 31.9. The van der Waals surface area contributed by atoms with E-state index in [1.807, 2.05) is 6.07 Å². The quantitative estimate of drug-likeness (QED) is 0.403. The minimum atomic E-state index is 0.118. The summed E-state index contributed by atoms with van der Waals surface area (Å²) in [5, 5.41) is 0. The third-order valence-corrected chi connectivity index (χ3v) is 8.86. The molecule has 0 nitrogen and oxygen atoms in total. The van der Waals surface area contributed by atoms with Crippen molar-refractivity contribution < 1.29 is 4.39 Å². The van der Waals surface area contributed by atoms with Gasteiger partial charge in [0.1, 0.15) is 5.82 Å². The third kappa shape index (κ3) is 5.08. The van der Waals surface area contributed by atoms with Crippen LogP contribution in [-0.2, 0) is 12.8 Å². The second-order valence-electron chi connectivity index (χ2n) is 10.7. The average molecular weight is 399 g/mol. The summed E-state index contributed by atoms with van der Waals surface area (Å²) < 4.78 is 15.1. The first kappa shape index (κ1) is 21.4. The van der Waals surface area contributed by atoms with Gasteiger partial charge >= 0.3 is 0 Å². The monoisotopic (exact) mass is 398 g/mol. The van der Waals surface area contributed by atoms with Crippen molar-refractivity contribution in [3.8, 4) is 0 Å². The van der Waals surface area contributed by atoms with Gasteiger partial charge in [0, 0.05) is 0 Å². The minimum absolute atomic E-state index is 0.118. The molecule has 2 fully saturated rings. The van der Waals surface area contributed by atoms with E-state index in [0.717, 1.165) is 36.2 Å². The molecule has 0 amide bonds. The molecule has 0 spiro atoms. The highest BCUT2D eigenvalue weighted by atomic mass is 19.1. The fourth-order valence-corrected chi connectivity index (χ4v) is 6.92. The first-order valence-electron chi connectivity index (χ1n) is 13.0. The highest BCUT2D eigenvalue weighted by Gasteiger charge is 2.36. The van der Waals surface area contributed by atoms with Crippen LogP contribution in [-0.4, -0.2) is 0 Å². The van der Waals surface area contributed by atoms with E-state index >= 15 is 4.39 Å². The van der Waals surface area contributed by atoms with Gasteiger partial charge in [0.25, 0.3) is 0 Å². The van der Waals surface area contributed by atoms with Crippen molar-refractivity contribution in [1.82, 2.24) is 0 Å². The van der Waals surface area contributed by atoms with Crippen LogP contribution in [0.15, 0.2) is 12.1 Å². The summed E-state index contributed by atoms with van der Waals surface area (Å²) >= 11 is 0. The van der Waals surface area contributed by atoms with Crippen molar-refractivity contribution in [1.29, 1.82) is 0 Å². The van der Waals surface area contributed by atoms with E-state index in [1.54, 1.807) is 0 Å². The van der Waals surface area contributed by atoms with Crippen LogP contribution in [0.1, 0.15) is 120 Å². The van der Waals surface area contributed by atoms with Crippen molar-refractivity contribution in [3.63, 3.8) is 0 Å². The maximum atomic E-state index is 15.1. The van der Waals surface area contributed by atoms with E-state index in [4.69, 9.17) is 0 Å². The predicted octanol–water partition coefficient (Wildman–Crippen LogP) is 8.61. The lowest BCUT2D eigenvalue weighted by atomic mass is 9.63. The van der Waals surface area contributed by atoms with Crippen molar-refractivity contribution >= 4 is 0 Å². The van der Waals surface area contributed by atoms with Gasteiger partial charge in [0.05, 0.1) is 0 Å². The molecule has 5 atom stereocenters. The number of unbranched alkanes of at least 4 members (excludes halogenated alkanes) is 3. The van der Waals surface area contributed by atoms with Gasteiger partial charge in [0.15, 0.2) is 0 Å². The number of hydrogen-bond acceptors (Lipinski definition) is 0. The zero-order chi connectivity index (χ0) is 20.2. The van der Waals surface area contributed by atoms with E-state index in [-0.39, 0.29) is 5.82 Å². The second-order valence-corrected chi connectivity index (χ2v) is 10.7. The van der Waals surface area contributed by atoms with E-state index in [2.05, 4.69) is 19.9 Å². The van der Waals surface area contributed by atoms with Crippen LogP contribution in [0.25, 0.3) is 0 Å². The highest BCUT2D eigenvalue weighted by molar-refractivity contribution is 5.37. The van der Waals surface area contributed by atoms with E-state index < -0.39 is 0 Å². The van der Waals surface area contributed by atoms with Crippen LogP contribution in [0.4, 0.5) is 4.39 Å². The lowest BCUT2D eigenvalue weighted by Crippen LogP contribution is -2.30. The van der Waals surface area contributed by atoms with Crippen LogP contribution < -0.4 is 0 Å². The molecule has 0 saturated heterocycles. The Morgan fingerprint density at radius 1 is 0.862 bits per heavy atom. The van der Waals surface area contributed by atoms with Gasteiger partial charge in [-0.2, -0.15) is 0 Å². The number of fused-ring (bicyclic) bond motifs is 2. The Kier molecular flexibility index (Phi) is 7.35. The molecule has 29 heavy (non-hydrogen) atoms. The summed E-state index contributed by atoms with van der Waals surface area (Å²) in [7, 11) is 0. The minimum Gasteiger partial charge on any atom is -0.207 e. The van der Waals surface area contributed by atoms with E-state index in [9.17, 15) is 0 Å². The second kappa shape index (κ2) is 9.97. The highest BCUT2D eigenvalue weighted by Crippen LogP contribution is 2.48. The van der Waals surface area contributed by atoms with Crippen molar-refractivity contribution in [2.24, 2.45) is 23.7 Å². The standard InChI is InChI=1S/C28H43F/c1-3-5-6-7-8-21-10-12-25-18-26(19-28(29)27(25)16-21)24-14-13-22-15-20(4-2)9-11-23(22)17-24/h18-24H,3-17H2,1-2H3. The van der Waals surface area contributed by atoms with Crippen LogP contribution in [0.3, 0.4) is 0 Å². The molecule has 162 valence electrons. The Bertz CT molecular complexity index is 663. The summed E-state index contributed by atoms with van der Waals surface area (Å²) in [6.07, 6.45) is 19.7. The Morgan fingerprint density at radius 3 is 2.52 bits per heavy atom. The van der Waals surface area contributed by atoms with Crippen molar-refractivity contribution in [2.75, 3.05) is 0 Å². The molecule has 3 aliphatic carbocycles. The number of aryl methyl sites for hydroxylation is 1. The van der Waals surface area contributed by atoms with Gasteiger partial charge in [-0.15, -0.1) is 0 Å². The Labute approximate surface area is 179 Å². The molecule has 4 rings (SSSR count). The van der Waals surface area contributed by atoms with Crippen LogP contribution in [0.5, 0.6) is 0 Å². The molecule has 1 heteroatoms. The first-order valence-corrected chi connectivity index (χ1v) is 13.0. The van der Waals surface area contributed by atoms with Crippen molar-refractivity contribution in [2.45, 2.75) is 116 Å². The lowest BCUT2D eigenvalue weighted by molar-refractivity contribution is 0.116. The molecule has 0 bridgehead atoms. The maximum absolute atomic E-state index is 15.1. The van der Waals surface area contributed by atoms with Crippen LogP contribution >= 0.6 is 0 Å². The third-order valence-electron chi connectivity index (χ3n) is 8.86. The molecule has 5 unspecified atom stereocenters. The topological polar surface area (TPSA) is 0 Å². The summed E-state index contributed by atoms with van der Waals surface area (Å²) in [5.41, 5.74) is 3.75. The van der Waals surface area contributed by atoms with E-state index in [0.29, 0.717) is 11.8 Å². The molecule has 0 N–H and O–H groups in total. The van der Waals surface area contributed by atoms with Crippen LogP contribution in [0.2, 0.25) is 0 Å². The number of benzene rings is 1. The van der Waals surface area contributed by atoms with Gasteiger partial charge in [-0.05, 0) is 104 Å². The number of hydrogen-bond donors (Lipinski definition) is 0. The van der Waals surface area contributed by atoms with Gasteiger partial charge in [0.2, 0.25) is 0 Å². The summed E-state index contributed by atoms with van der Waals surface area (Å²) in [4.78, 5) is 0. The number of rotatable bonds is 7. The zero-order valence-electron chi connectivity index (χ0n) is 19.0. The van der Waals surface area contributed by atoms with Gasteiger partial charge in [-0.25, -0.2) is 4.39 Å². The molecule has 1 aromatic carbocycles. The Morgan fingerprint density at radius 2 is 1.69 bits per heavy atom. The SMILES string of the molecule is CCCCCCC1CCc2cc(C3CCC4CC(CC)CCC4C3)cc(F)c2C1. The number of halogens is 1. The van der Waals surface area contributed by atoms with E-state index in [1.165, 1.54) is 94.6 Å². The molecular formula is C28H43F.